The summed E-state index contributed by atoms with van der Waals surface area (Å²) < 4.78 is 6.32. The number of para-hydroxylation sites is 1. The molecule has 0 radical (unpaired) electrons. The van der Waals surface area contributed by atoms with Crippen molar-refractivity contribution in [1.29, 1.82) is 0 Å². The minimum Gasteiger partial charge on any atom is -0.493 e. The van der Waals surface area contributed by atoms with E-state index in [0.29, 0.717) is 6.61 Å². The molecule has 162 valence electrons. The van der Waals surface area contributed by atoms with Crippen LogP contribution in [0.25, 0.3) is 0 Å². The van der Waals surface area contributed by atoms with E-state index in [-0.39, 0.29) is 10.8 Å². The van der Waals surface area contributed by atoms with Crippen molar-refractivity contribution in [2.75, 3.05) is 6.61 Å². The van der Waals surface area contributed by atoms with E-state index >= 15 is 0 Å². The topological polar surface area (TPSA) is 9.23 Å². The summed E-state index contributed by atoms with van der Waals surface area (Å²) in [5, 5.41) is 0. The normalized spacial score (nSPS) is 13.3. The van der Waals surface area contributed by atoms with Crippen LogP contribution in [0.5, 0.6) is 5.75 Å². The van der Waals surface area contributed by atoms with Gasteiger partial charge in [-0.15, -0.1) is 0 Å². The molecule has 0 aliphatic carbocycles. The zero-order chi connectivity index (χ0) is 22.4. The number of aryl methyl sites for hydroxylation is 1. The molecule has 0 saturated carbocycles. The van der Waals surface area contributed by atoms with Crippen molar-refractivity contribution in [2.45, 2.75) is 38.0 Å². The van der Waals surface area contributed by atoms with Gasteiger partial charge in [0.2, 0.25) is 0 Å². The summed E-state index contributed by atoms with van der Waals surface area (Å²) in [5.74, 6) is 0.962. The third-order valence-electron chi connectivity index (χ3n) is 7.17. The molecule has 0 unspecified atom stereocenters. The fourth-order valence-electron chi connectivity index (χ4n) is 4.92. The first-order valence-electron chi connectivity index (χ1n) is 11.4. The number of ether oxygens (including phenoxy) is 1. The Balaban J connectivity index is 1.81. The summed E-state index contributed by atoms with van der Waals surface area (Å²) in [6.45, 7) is 7.53. The fraction of sp³-hybridized carbons (Fsp3) is 0.226. The summed E-state index contributed by atoms with van der Waals surface area (Å²) in [4.78, 5) is 0. The molecule has 0 bridgehead atoms. The highest BCUT2D eigenvalue weighted by atomic mass is 16.5. The largest absolute Gasteiger partial charge is 0.493 e. The maximum atomic E-state index is 6.32. The Hall–Kier alpha value is -3.32. The van der Waals surface area contributed by atoms with E-state index in [4.69, 9.17) is 4.74 Å². The summed E-state index contributed by atoms with van der Waals surface area (Å²) in [7, 11) is 0. The third kappa shape index (κ3) is 4.08. The van der Waals surface area contributed by atoms with Gasteiger partial charge >= 0.3 is 0 Å². The van der Waals surface area contributed by atoms with Gasteiger partial charge in [0, 0.05) is 10.8 Å². The van der Waals surface area contributed by atoms with E-state index in [1.54, 1.807) is 0 Å². The highest BCUT2D eigenvalue weighted by Crippen LogP contribution is 2.50. The fourth-order valence-corrected chi connectivity index (χ4v) is 4.92. The van der Waals surface area contributed by atoms with Gasteiger partial charge in [0.25, 0.3) is 0 Å². The Kier molecular flexibility index (Phi) is 6.46. The van der Waals surface area contributed by atoms with Crippen LogP contribution in [0.2, 0.25) is 0 Å². The summed E-state index contributed by atoms with van der Waals surface area (Å²) in [5.41, 5.74) is 4.68. The quantitative estimate of drug-likeness (QED) is 0.283. The second-order valence-corrected chi connectivity index (χ2v) is 8.92. The van der Waals surface area contributed by atoms with Crippen molar-refractivity contribution in [2.24, 2.45) is 0 Å². The average molecular weight is 421 g/mol. The van der Waals surface area contributed by atoms with Gasteiger partial charge in [-0.05, 0) is 41.7 Å². The van der Waals surface area contributed by atoms with Gasteiger partial charge in [-0.25, -0.2) is 0 Å². The van der Waals surface area contributed by atoms with Crippen molar-refractivity contribution >= 4 is 0 Å². The molecule has 0 fully saturated rings. The van der Waals surface area contributed by atoms with E-state index in [1.807, 2.05) is 6.07 Å². The Morgan fingerprint density at radius 2 is 1.00 bits per heavy atom. The Labute approximate surface area is 192 Å². The highest BCUT2D eigenvalue weighted by Gasteiger charge is 2.47. The molecule has 0 heterocycles. The SMILES string of the molecule is Cc1ccccc1OCC[C@](C)(c1ccccc1)C(C)(c1ccccc1)c1ccccc1. The lowest BCUT2D eigenvalue weighted by molar-refractivity contribution is 0.211. The van der Waals surface area contributed by atoms with Crippen LogP contribution in [0.3, 0.4) is 0 Å². The molecule has 1 nitrogen and oxygen atoms in total. The second-order valence-electron chi connectivity index (χ2n) is 8.92. The number of rotatable bonds is 8. The summed E-state index contributed by atoms with van der Waals surface area (Å²) in [6.07, 6.45) is 0.881. The highest BCUT2D eigenvalue weighted by molar-refractivity contribution is 5.47. The van der Waals surface area contributed by atoms with Crippen LogP contribution >= 0.6 is 0 Å². The predicted octanol–water partition coefficient (Wildman–Crippen LogP) is 7.73. The van der Waals surface area contributed by atoms with Crippen LogP contribution in [0.1, 0.15) is 42.5 Å². The van der Waals surface area contributed by atoms with E-state index in [0.717, 1.165) is 12.2 Å². The van der Waals surface area contributed by atoms with Crippen molar-refractivity contribution in [3.63, 3.8) is 0 Å². The third-order valence-corrected chi connectivity index (χ3v) is 7.17. The number of benzene rings is 4. The average Bonchev–Trinajstić information content (AvgIpc) is 2.86. The second kappa shape index (κ2) is 9.44. The molecule has 0 amide bonds. The summed E-state index contributed by atoms with van der Waals surface area (Å²) in [6, 6.07) is 41.0. The first-order valence-corrected chi connectivity index (χ1v) is 11.4. The van der Waals surface area contributed by atoms with Crippen LogP contribution in [0, 0.1) is 6.92 Å². The van der Waals surface area contributed by atoms with Crippen molar-refractivity contribution < 1.29 is 4.74 Å². The standard InChI is InChI=1S/C31H32O/c1-25-15-13-14-22-29(25)32-24-23-30(2,26-16-7-4-8-17-26)31(3,27-18-9-5-10-19-27)28-20-11-6-12-21-28/h4-22H,23-24H2,1-3H3/t30-/m1/s1. The molecule has 4 aromatic carbocycles. The van der Waals surface area contributed by atoms with Crippen LogP contribution < -0.4 is 4.74 Å². The lowest BCUT2D eigenvalue weighted by Gasteiger charge is -2.48. The van der Waals surface area contributed by atoms with E-state index < -0.39 is 0 Å². The molecule has 0 aliphatic rings. The van der Waals surface area contributed by atoms with E-state index in [9.17, 15) is 0 Å². The smallest absolute Gasteiger partial charge is 0.122 e. The molecule has 0 aliphatic heterocycles. The van der Waals surface area contributed by atoms with Crippen molar-refractivity contribution in [3.8, 4) is 5.75 Å². The molecule has 0 spiro atoms. The van der Waals surface area contributed by atoms with Gasteiger partial charge in [-0.1, -0.05) is 123 Å². The molecule has 1 atom stereocenters. The monoisotopic (exact) mass is 420 g/mol. The minimum absolute atomic E-state index is 0.195. The van der Waals surface area contributed by atoms with Crippen LogP contribution in [0.15, 0.2) is 115 Å². The molecule has 0 N–H and O–H groups in total. The molecular weight excluding hydrogens is 388 g/mol. The lowest BCUT2D eigenvalue weighted by Crippen LogP contribution is -2.47. The molecule has 4 rings (SSSR count). The van der Waals surface area contributed by atoms with Gasteiger partial charge in [-0.2, -0.15) is 0 Å². The van der Waals surface area contributed by atoms with Crippen LogP contribution in [0.4, 0.5) is 0 Å². The molecular formula is C31H32O. The van der Waals surface area contributed by atoms with Gasteiger partial charge in [-0.3, -0.25) is 0 Å². The Bertz CT molecular complexity index is 1080. The maximum Gasteiger partial charge on any atom is 0.122 e. The van der Waals surface area contributed by atoms with E-state index in [1.165, 1.54) is 22.3 Å². The first-order chi connectivity index (χ1) is 15.6. The Morgan fingerprint density at radius 3 is 1.50 bits per heavy atom. The zero-order valence-corrected chi connectivity index (χ0v) is 19.3. The molecule has 32 heavy (non-hydrogen) atoms. The molecule has 0 saturated heterocycles. The number of hydrogen-bond donors (Lipinski definition) is 0. The van der Waals surface area contributed by atoms with E-state index in [2.05, 4.69) is 130 Å². The predicted molar refractivity (Wildman–Crippen MR) is 134 cm³/mol. The molecule has 0 aromatic heterocycles. The van der Waals surface area contributed by atoms with Gasteiger partial charge < -0.3 is 4.74 Å². The number of hydrogen-bond acceptors (Lipinski definition) is 1. The Morgan fingerprint density at radius 1 is 0.562 bits per heavy atom. The van der Waals surface area contributed by atoms with Crippen LogP contribution in [-0.2, 0) is 10.8 Å². The van der Waals surface area contributed by atoms with Gasteiger partial charge in [0.1, 0.15) is 5.75 Å². The molecule has 1 heteroatoms. The van der Waals surface area contributed by atoms with Crippen molar-refractivity contribution in [1.82, 2.24) is 0 Å². The maximum absolute atomic E-state index is 6.32. The van der Waals surface area contributed by atoms with Gasteiger partial charge in [0.15, 0.2) is 0 Å². The zero-order valence-electron chi connectivity index (χ0n) is 19.3. The van der Waals surface area contributed by atoms with Gasteiger partial charge in [0.05, 0.1) is 6.61 Å². The van der Waals surface area contributed by atoms with Crippen molar-refractivity contribution in [3.05, 3.63) is 138 Å². The lowest BCUT2D eigenvalue weighted by atomic mass is 9.55. The van der Waals surface area contributed by atoms with Crippen LogP contribution in [-0.4, -0.2) is 6.61 Å². The summed E-state index contributed by atoms with van der Waals surface area (Å²) >= 11 is 0. The minimum atomic E-state index is -0.244. The molecule has 4 aromatic rings. The first kappa shape index (κ1) is 21.9.